The van der Waals surface area contributed by atoms with Crippen molar-refractivity contribution in [2.24, 2.45) is 0 Å². The highest BCUT2D eigenvalue weighted by Gasteiger charge is 2.35. The molecule has 2 aliphatic heterocycles. The van der Waals surface area contributed by atoms with E-state index in [4.69, 9.17) is 33.2 Å². The number of nitrogens with zero attached hydrogens (tertiary/aromatic N) is 5. The molecular formula is C40H40Cl2N8O2S. The molecular weight excluding hydrogens is 727 g/mol. The van der Waals surface area contributed by atoms with Crippen LogP contribution in [0.25, 0.3) is 39.1 Å². The zero-order valence-corrected chi connectivity index (χ0v) is 31.6. The van der Waals surface area contributed by atoms with Gasteiger partial charge in [-0.15, -0.1) is 0 Å². The number of anilines is 2. The molecule has 3 aromatic carbocycles. The van der Waals surface area contributed by atoms with Gasteiger partial charge in [0.15, 0.2) is 5.82 Å². The van der Waals surface area contributed by atoms with Gasteiger partial charge in [-0.05, 0) is 68.1 Å². The third-order valence-corrected chi connectivity index (χ3v) is 12.5. The van der Waals surface area contributed by atoms with Crippen molar-refractivity contribution in [3.63, 3.8) is 0 Å². The standard InChI is InChI=1S/C40H40Cl2N8O2S/c1-26(46-34-10-6-19-43-40(34)48-22-17-32(18-23-48)50-21-7-20-45-53(50,51)52)37-36(33-16-15-31(42)24-35(33)47-37)39-38(29-8-4-3-5-9-29)44-25-49(39)27(2)28-11-13-30(41)14-12-28/h3-6,8-16,19,24-25,27,32,45-47H,1,7,17-18,20-23H2,2H3/t27-/m0/s1. The number of hydrogen-bond donors (Lipinski definition) is 3. The lowest BCUT2D eigenvalue weighted by atomic mass is 9.99. The molecule has 8 rings (SSSR count). The molecule has 0 spiro atoms. The van der Waals surface area contributed by atoms with E-state index in [0.29, 0.717) is 54.8 Å². The molecule has 0 unspecified atom stereocenters. The van der Waals surface area contributed by atoms with Crippen LogP contribution in [0.1, 0.15) is 43.5 Å². The predicted octanol–water partition coefficient (Wildman–Crippen LogP) is 8.60. The molecule has 13 heteroatoms. The molecule has 272 valence electrons. The van der Waals surface area contributed by atoms with E-state index in [1.54, 1.807) is 10.5 Å². The third-order valence-electron chi connectivity index (χ3n) is 10.3. The van der Waals surface area contributed by atoms with Crippen molar-refractivity contribution in [2.75, 3.05) is 36.4 Å². The molecule has 5 heterocycles. The fourth-order valence-corrected chi connectivity index (χ4v) is 9.45. The molecule has 2 fully saturated rings. The number of aromatic nitrogens is 4. The number of piperidine rings is 1. The Morgan fingerprint density at radius 2 is 1.70 bits per heavy atom. The lowest BCUT2D eigenvalue weighted by Crippen LogP contribution is -2.54. The van der Waals surface area contributed by atoms with Gasteiger partial charge in [0.05, 0.1) is 40.8 Å². The number of fused-ring (bicyclic) bond motifs is 1. The second-order valence-electron chi connectivity index (χ2n) is 13.6. The van der Waals surface area contributed by atoms with Gasteiger partial charge in [-0.25, -0.2) is 14.7 Å². The van der Waals surface area contributed by atoms with Crippen LogP contribution in [0.5, 0.6) is 0 Å². The highest BCUT2D eigenvalue weighted by atomic mass is 35.5. The van der Waals surface area contributed by atoms with Gasteiger partial charge >= 0.3 is 0 Å². The van der Waals surface area contributed by atoms with Crippen molar-refractivity contribution < 1.29 is 8.42 Å². The van der Waals surface area contributed by atoms with E-state index >= 15 is 0 Å². The Kier molecular flexibility index (Phi) is 9.78. The molecule has 2 saturated heterocycles. The average molecular weight is 768 g/mol. The molecule has 1 atom stereocenters. The minimum absolute atomic E-state index is 0.0428. The second kappa shape index (κ2) is 14.6. The quantitative estimate of drug-likeness (QED) is 0.136. The Morgan fingerprint density at radius 3 is 2.45 bits per heavy atom. The van der Waals surface area contributed by atoms with Crippen LogP contribution in [0.2, 0.25) is 10.0 Å². The summed E-state index contributed by atoms with van der Waals surface area (Å²) in [6.07, 6.45) is 5.92. The molecule has 6 aromatic rings. The second-order valence-corrected chi connectivity index (χ2v) is 16.1. The number of halogens is 2. The van der Waals surface area contributed by atoms with E-state index in [2.05, 4.69) is 50.1 Å². The van der Waals surface area contributed by atoms with Crippen molar-refractivity contribution in [1.29, 1.82) is 0 Å². The van der Waals surface area contributed by atoms with E-state index in [1.165, 1.54) is 0 Å². The maximum absolute atomic E-state index is 12.7. The maximum atomic E-state index is 12.7. The van der Waals surface area contributed by atoms with Crippen molar-refractivity contribution in [1.82, 2.24) is 28.5 Å². The predicted molar refractivity (Wildman–Crippen MR) is 216 cm³/mol. The van der Waals surface area contributed by atoms with E-state index in [-0.39, 0.29) is 12.1 Å². The molecule has 2 aliphatic rings. The van der Waals surface area contributed by atoms with Gasteiger partial charge in [-0.3, -0.25) is 0 Å². The molecule has 0 saturated carbocycles. The van der Waals surface area contributed by atoms with Crippen LogP contribution in [-0.4, -0.2) is 64.5 Å². The van der Waals surface area contributed by atoms with Crippen LogP contribution < -0.4 is 14.9 Å². The number of benzene rings is 3. The van der Waals surface area contributed by atoms with Crippen molar-refractivity contribution >= 4 is 61.5 Å². The molecule has 0 bridgehead atoms. The summed E-state index contributed by atoms with van der Waals surface area (Å²) in [7, 11) is -3.44. The largest absolute Gasteiger partial charge is 0.355 e. The molecule has 10 nitrogen and oxygen atoms in total. The Balaban J connectivity index is 1.17. The Labute approximate surface area is 319 Å². The van der Waals surface area contributed by atoms with Gasteiger partial charge in [0, 0.05) is 70.5 Å². The molecule has 0 radical (unpaired) electrons. The van der Waals surface area contributed by atoms with Gasteiger partial charge in [-0.1, -0.05) is 78.3 Å². The minimum atomic E-state index is -3.44. The first-order valence-electron chi connectivity index (χ1n) is 17.8. The van der Waals surface area contributed by atoms with Crippen LogP contribution in [0, 0.1) is 0 Å². The van der Waals surface area contributed by atoms with Gasteiger partial charge < -0.3 is 19.8 Å². The summed E-state index contributed by atoms with van der Waals surface area (Å²) in [6, 6.07) is 27.8. The lowest BCUT2D eigenvalue weighted by molar-refractivity contribution is 0.257. The van der Waals surface area contributed by atoms with E-state index in [1.807, 2.05) is 79.1 Å². The first-order chi connectivity index (χ1) is 25.7. The SMILES string of the molecule is C=C(Nc1cccnc1N1CCC(N2CCCNS2(=O)=O)CC1)c1[nH]c2cc(Cl)ccc2c1-c1c(-c2ccccc2)ncn1[C@@H](C)c1ccc(Cl)cc1. The Hall–Kier alpha value is -4.65. The summed E-state index contributed by atoms with van der Waals surface area (Å²) in [5, 5.41) is 5.89. The highest BCUT2D eigenvalue weighted by Crippen LogP contribution is 2.43. The van der Waals surface area contributed by atoms with Crippen molar-refractivity contribution in [3.8, 4) is 22.5 Å². The van der Waals surface area contributed by atoms with Crippen LogP contribution in [0.3, 0.4) is 0 Å². The van der Waals surface area contributed by atoms with Crippen LogP contribution in [0.15, 0.2) is 104 Å². The monoisotopic (exact) mass is 766 g/mol. The normalized spacial score (nSPS) is 17.2. The minimum Gasteiger partial charge on any atom is -0.355 e. The zero-order valence-electron chi connectivity index (χ0n) is 29.3. The Bertz CT molecular complexity index is 2390. The van der Waals surface area contributed by atoms with Crippen LogP contribution in [0.4, 0.5) is 11.5 Å². The fourth-order valence-electron chi connectivity index (χ4n) is 7.61. The van der Waals surface area contributed by atoms with Gasteiger partial charge in [0.2, 0.25) is 0 Å². The summed E-state index contributed by atoms with van der Waals surface area (Å²) < 4.78 is 32.0. The lowest BCUT2D eigenvalue weighted by Gasteiger charge is -2.40. The number of aromatic amines is 1. The van der Waals surface area contributed by atoms with E-state index < -0.39 is 10.2 Å². The van der Waals surface area contributed by atoms with Crippen LogP contribution in [-0.2, 0) is 10.2 Å². The summed E-state index contributed by atoms with van der Waals surface area (Å²) in [6.45, 7) is 9.13. The third kappa shape index (κ3) is 6.95. The van der Waals surface area contributed by atoms with E-state index in [9.17, 15) is 8.42 Å². The molecule has 3 aromatic heterocycles. The fraction of sp³-hybridized carbons (Fsp3) is 0.250. The van der Waals surface area contributed by atoms with Gasteiger partial charge in [-0.2, -0.15) is 12.7 Å². The number of pyridine rings is 1. The first-order valence-corrected chi connectivity index (χ1v) is 20.0. The maximum Gasteiger partial charge on any atom is 0.279 e. The zero-order chi connectivity index (χ0) is 36.7. The van der Waals surface area contributed by atoms with Crippen LogP contribution >= 0.6 is 23.2 Å². The van der Waals surface area contributed by atoms with Gasteiger partial charge in [0.1, 0.15) is 0 Å². The highest BCUT2D eigenvalue weighted by molar-refractivity contribution is 7.87. The summed E-state index contributed by atoms with van der Waals surface area (Å²) in [5.41, 5.74) is 7.90. The molecule has 0 aliphatic carbocycles. The molecule has 0 amide bonds. The summed E-state index contributed by atoms with van der Waals surface area (Å²) in [4.78, 5) is 15.7. The van der Waals surface area contributed by atoms with Crippen molar-refractivity contribution in [2.45, 2.75) is 38.3 Å². The number of rotatable bonds is 9. The van der Waals surface area contributed by atoms with Crippen molar-refractivity contribution in [3.05, 3.63) is 125 Å². The number of hydrogen-bond acceptors (Lipinski definition) is 6. The Morgan fingerprint density at radius 1 is 0.943 bits per heavy atom. The smallest absolute Gasteiger partial charge is 0.279 e. The average Bonchev–Trinajstić information content (AvgIpc) is 3.77. The topological polar surface area (TPSA) is 111 Å². The first kappa shape index (κ1) is 35.4. The number of imidazole rings is 1. The van der Waals surface area contributed by atoms with E-state index in [0.717, 1.165) is 62.6 Å². The summed E-state index contributed by atoms with van der Waals surface area (Å²) >= 11 is 12.8. The molecule has 3 N–H and O–H groups in total. The number of nitrogens with one attached hydrogen (secondary N) is 3. The summed E-state index contributed by atoms with van der Waals surface area (Å²) in [5.74, 6) is 0.791. The number of H-pyrrole nitrogens is 1. The van der Waals surface area contributed by atoms with Gasteiger partial charge in [0.25, 0.3) is 10.2 Å². The molecule has 53 heavy (non-hydrogen) atoms.